The van der Waals surface area contributed by atoms with E-state index < -0.39 is 5.97 Å². The Morgan fingerprint density at radius 2 is 2.20 bits per heavy atom. The van der Waals surface area contributed by atoms with Crippen LogP contribution in [0.5, 0.6) is 0 Å². The van der Waals surface area contributed by atoms with E-state index in [2.05, 4.69) is 0 Å². The van der Waals surface area contributed by atoms with Gasteiger partial charge in [0.1, 0.15) is 5.82 Å². The summed E-state index contributed by atoms with van der Waals surface area (Å²) in [6.07, 6.45) is 2.47. The third kappa shape index (κ3) is 2.01. The fourth-order valence-corrected chi connectivity index (χ4v) is 2.39. The smallest absolute Gasteiger partial charge is 0.307 e. The molecule has 0 aliphatic heterocycles. The van der Waals surface area contributed by atoms with Crippen molar-refractivity contribution in [3.63, 3.8) is 0 Å². The van der Waals surface area contributed by atoms with Crippen LogP contribution in [0.2, 0.25) is 0 Å². The van der Waals surface area contributed by atoms with Crippen LogP contribution >= 0.6 is 0 Å². The molecule has 2 unspecified atom stereocenters. The predicted octanol–water partition coefficient (Wildman–Crippen LogP) is 2.79. The predicted molar refractivity (Wildman–Crippen MR) is 54.1 cm³/mol. The molecule has 2 nitrogen and oxygen atoms in total. The van der Waals surface area contributed by atoms with E-state index in [1.165, 1.54) is 12.1 Å². The Bertz CT molecular complexity index is 376. The molecule has 80 valence electrons. The molecule has 1 aliphatic carbocycles. The van der Waals surface area contributed by atoms with Crippen molar-refractivity contribution in [1.29, 1.82) is 0 Å². The van der Waals surface area contributed by atoms with E-state index in [4.69, 9.17) is 5.11 Å². The zero-order chi connectivity index (χ0) is 10.8. The summed E-state index contributed by atoms with van der Waals surface area (Å²) in [4.78, 5) is 11.0. The van der Waals surface area contributed by atoms with Crippen LogP contribution in [0.3, 0.4) is 0 Å². The molecule has 1 aromatic carbocycles. The Morgan fingerprint density at radius 3 is 2.87 bits per heavy atom. The van der Waals surface area contributed by atoms with Crippen molar-refractivity contribution >= 4 is 5.97 Å². The molecular weight excluding hydrogens is 195 g/mol. The van der Waals surface area contributed by atoms with Crippen LogP contribution in [-0.2, 0) is 4.79 Å². The van der Waals surface area contributed by atoms with Crippen molar-refractivity contribution in [3.05, 3.63) is 35.6 Å². The molecule has 1 fully saturated rings. The fraction of sp³-hybridized carbons (Fsp3) is 0.417. The molecule has 1 aromatic rings. The molecule has 0 heterocycles. The third-order valence-corrected chi connectivity index (χ3v) is 3.11. The van der Waals surface area contributed by atoms with Gasteiger partial charge in [-0.2, -0.15) is 0 Å². The summed E-state index contributed by atoms with van der Waals surface area (Å²) in [6, 6.07) is 6.29. The van der Waals surface area contributed by atoms with Crippen LogP contribution in [0.1, 0.15) is 30.7 Å². The van der Waals surface area contributed by atoms with E-state index in [0.29, 0.717) is 6.42 Å². The molecule has 0 bridgehead atoms. The largest absolute Gasteiger partial charge is 0.481 e. The lowest BCUT2D eigenvalue weighted by atomic mass is 9.89. The van der Waals surface area contributed by atoms with Gasteiger partial charge in [-0.25, -0.2) is 4.39 Å². The Hall–Kier alpha value is -1.38. The molecule has 0 spiro atoms. The molecule has 3 heteroatoms. The van der Waals surface area contributed by atoms with E-state index in [1.54, 1.807) is 6.07 Å². The van der Waals surface area contributed by atoms with E-state index in [9.17, 15) is 9.18 Å². The molecule has 15 heavy (non-hydrogen) atoms. The van der Waals surface area contributed by atoms with E-state index in [0.717, 1.165) is 18.4 Å². The first-order valence-electron chi connectivity index (χ1n) is 5.17. The average Bonchev–Trinajstić information content (AvgIpc) is 2.65. The van der Waals surface area contributed by atoms with E-state index in [-0.39, 0.29) is 17.7 Å². The summed E-state index contributed by atoms with van der Waals surface area (Å²) in [6.45, 7) is 0. The average molecular weight is 208 g/mol. The van der Waals surface area contributed by atoms with Crippen molar-refractivity contribution in [2.75, 3.05) is 0 Å². The lowest BCUT2D eigenvalue weighted by Crippen LogP contribution is -2.16. The quantitative estimate of drug-likeness (QED) is 0.811. The maximum Gasteiger partial charge on any atom is 0.307 e. The van der Waals surface area contributed by atoms with Gasteiger partial charge in [0.2, 0.25) is 0 Å². The lowest BCUT2D eigenvalue weighted by Gasteiger charge is -2.15. The van der Waals surface area contributed by atoms with Gasteiger partial charge in [-0.15, -0.1) is 0 Å². The lowest BCUT2D eigenvalue weighted by molar-refractivity contribution is -0.142. The first-order chi connectivity index (χ1) is 7.18. The van der Waals surface area contributed by atoms with Crippen molar-refractivity contribution in [1.82, 2.24) is 0 Å². The maximum atomic E-state index is 13.0. The van der Waals surface area contributed by atoms with Crippen molar-refractivity contribution < 1.29 is 14.3 Å². The monoisotopic (exact) mass is 208 g/mol. The zero-order valence-corrected chi connectivity index (χ0v) is 8.32. The fourth-order valence-electron chi connectivity index (χ4n) is 2.39. The molecule has 0 aromatic heterocycles. The number of aliphatic carboxylic acids is 1. The molecule has 0 radical (unpaired) electrons. The van der Waals surface area contributed by atoms with Gasteiger partial charge in [0.25, 0.3) is 0 Å². The van der Waals surface area contributed by atoms with Crippen LogP contribution in [-0.4, -0.2) is 11.1 Å². The first kappa shape index (κ1) is 10.1. The highest BCUT2D eigenvalue weighted by atomic mass is 19.1. The van der Waals surface area contributed by atoms with Gasteiger partial charge in [0, 0.05) is 0 Å². The summed E-state index contributed by atoms with van der Waals surface area (Å²) in [5.74, 6) is -1.41. The minimum atomic E-state index is -0.762. The SMILES string of the molecule is O=C(O)C1CCCC1c1cccc(F)c1. The minimum Gasteiger partial charge on any atom is -0.481 e. The molecular formula is C12H13FO2. The number of rotatable bonds is 2. The summed E-state index contributed by atoms with van der Waals surface area (Å²) < 4.78 is 13.0. The Labute approximate surface area is 87.7 Å². The van der Waals surface area contributed by atoms with E-state index in [1.807, 2.05) is 6.07 Å². The van der Waals surface area contributed by atoms with Gasteiger partial charge in [-0.3, -0.25) is 4.79 Å². The molecule has 1 aliphatic rings. The van der Waals surface area contributed by atoms with Crippen LogP contribution in [0, 0.1) is 11.7 Å². The van der Waals surface area contributed by atoms with Gasteiger partial charge in [0.05, 0.1) is 5.92 Å². The van der Waals surface area contributed by atoms with Gasteiger partial charge in [-0.05, 0) is 36.5 Å². The van der Waals surface area contributed by atoms with Crippen LogP contribution in [0.15, 0.2) is 24.3 Å². The number of carboxylic acids is 1. The normalized spacial score (nSPS) is 25.4. The number of carbonyl (C=O) groups is 1. The Balaban J connectivity index is 2.26. The highest BCUT2D eigenvalue weighted by Crippen LogP contribution is 2.39. The van der Waals surface area contributed by atoms with Gasteiger partial charge in [0.15, 0.2) is 0 Å². The summed E-state index contributed by atoms with van der Waals surface area (Å²) >= 11 is 0. The van der Waals surface area contributed by atoms with Gasteiger partial charge in [-0.1, -0.05) is 18.6 Å². The second kappa shape index (κ2) is 4.01. The Kier molecular flexibility index (Phi) is 2.71. The minimum absolute atomic E-state index is 0.0156. The number of halogens is 1. The highest BCUT2D eigenvalue weighted by molar-refractivity contribution is 5.71. The van der Waals surface area contributed by atoms with Gasteiger partial charge < -0.3 is 5.11 Å². The van der Waals surface area contributed by atoms with Gasteiger partial charge >= 0.3 is 5.97 Å². The number of hydrogen-bond acceptors (Lipinski definition) is 1. The van der Waals surface area contributed by atoms with Crippen LogP contribution in [0.25, 0.3) is 0 Å². The molecule has 0 amide bonds. The summed E-state index contributed by atoms with van der Waals surface area (Å²) in [5.41, 5.74) is 0.819. The molecule has 1 N–H and O–H groups in total. The Morgan fingerprint density at radius 1 is 1.40 bits per heavy atom. The third-order valence-electron chi connectivity index (χ3n) is 3.11. The topological polar surface area (TPSA) is 37.3 Å². The maximum absolute atomic E-state index is 13.0. The van der Waals surface area contributed by atoms with E-state index >= 15 is 0 Å². The summed E-state index contributed by atoms with van der Waals surface area (Å²) in [7, 11) is 0. The van der Waals surface area contributed by atoms with Crippen molar-refractivity contribution in [2.45, 2.75) is 25.2 Å². The van der Waals surface area contributed by atoms with Crippen molar-refractivity contribution in [2.24, 2.45) is 5.92 Å². The van der Waals surface area contributed by atoms with Crippen LogP contribution < -0.4 is 0 Å². The zero-order valence-electron chi connectivity index (χ0n) is 8.32. The number of benzene rings is 1. The molecule has 0 saturated heterocycles. The second-order valence-corrected chi connectivity index (χ2v) is 4.04. The first-order valence-corrected chi connectivity index (χ1v) is 5.17. The summed E-state index contributed by atoms with van der Waals surface area (Å²) in [5, 5.41) is 9.02. The molecule has 2 atom stereocenters. The second-order valence-electron chi connectivity index (χ2n) is 4.04. The highest BCUT2D eigenvalue weighted by Gasteiger charge is 2.33. The number of hydrogen-bond donors (Lipinski definition) is 1. The molecule has 1 saturated carbocycles. The standard InChI is InChI=1S/C12H13FO2/c13-9-4-1-3-8(7-9)10-5-2-6-11(10)12(14)15/h1,3-4,7,10-11H,2,5-6H2,(H,14,15). The van der Waals surface area contributed by atoms with Crippen molar-refractivity contribution in [3.8, 4) is 0 Å². The van der Waals surface area contributed by atoms with Crippen LogP contribution in [0.4, 0.5) is 4.39 Å². The number of carboxylic acid groups (broad SMARTS) is 1. The molecule has 2 rings (SSSR count).